The molecule has 1 aromatic carbocycles. The fraction of sp³-hybridized carbons (Fsp3) is 0.522. The van der Waals surface area contributed by atoms with Gasteiger partial charge in [-0.3, -0.25) is 19.2 Å². The number of carbonyl (C=O) groups excluding carboxylic acids is 2. The van der Waals surface area contributed by atoms with E-state index in [9.17, 15) is 9.59 Å². The molecule has 0 saturated carbocycles. The first-order chi connectivity index (χ1) is 14.1. The minimum Gasteiger partial charge on any atom is -0.350 e. The van der Waals surface area contributed by atoms with Crippen molar-refractivity contribution in [3.63, 3.8) is 0 Å². The molecule has 1 aliphatic heterocycles. The Morgan fingerprint density at radius 2 is 1.87 bits per heavy atom. The van der Waals surface area contributed by atoms with Gasteiger partial charge in [-0.25, -0.2) is 0 Å². The van der Waals surface area contributed by atoms with Crippen LogP contribution >= 0.6 is 0 Å². The van der Waals surface area contributed by atoms with Crippen molar-refractivity contribution in [3.8, 4) is 11.3 Å². The molecule has 2 heterocycles. The number of carbonyl (C=O) groups is 2. The van der Waals surface area contributed by atoms with Gasteiger partial charge in [0.25, 0.3) is 0 Å². The van der Waals surface area contributed by atoms with Crippen molar-refractivity contribution in [2.24, 2.45) is 13.0 Å². The van der Waals surface area contributed by atoms with Crippen LogP contribution in [0.3, 0.4) is 0 Å². The molecule has 0 bridgehead atoms. The highest BCUT2D eigenvalue weighted by Crippen LogP contribution is 2.25. The summed E-state index contributed by atoms with van der Waals surface area (Å²) in [5, 5.41) is 10.5. The molecule has 30 heavy (non-hydrogen) atoms. The second-order valence-electron chi connectivity index (χ2n) is 9.24. The number of rotatable bonds is 5. The molecule has 1 saturated heterocycles. The number of nitrogens with zero attached hydrogens (tertiary/aromatic N) is 3. The number of nitrogens with one attached hydrogen (secondary N) is 2. The summed E-state index contributed by atoms with van der Waals surface area (Å²) in [5.74, 6) is 0.0651. The smallest absolute Gasteiger partial charge is 0.234 e. The highest BCUT2D eigenvalue weighted by molar-refractivity contribution is 5.93. The van der Waals surface area contributed by atoms with Crippen LogP contribution in [0.15, 0.2) is 30.5 Å². The Labute approximate surface area is 178 Å². The zero-order chi connectivity index (χ0) is 21.9. The SMILES string of the molecule is Cc1cc(NC(=O)C2CCN(CC(=O)NC(C)(C)C)CC2)ccc1-c1ccn(C)n1. The zero-order valence-corrected chi connectivity index (χ0v) is 18.7. The van der Waals surface area contributed by atoms with Crippen LogP contribution in [0.2, 0.25) is 0 Å². The normalized spacial score (nSPS) is 15.8. The van der Waals surface area contributed by atoms with Crippen molar-refractivity contribution >= 4 is 17.5 Å². The highest BCUT2D eigenvalue weighted by Gasteiger charge is 2.26. The maximum atomic E-state index is 12.7. The van der Waals surface area contributed by atoms with E-state index in [1.807, 2.05) is 65.2 Å². The maximum Gasteiger partial charge on any atom is 0.234 e. The van der Waals surface area contributed by atoms with E-state index in [2.05, 4.69) is 20.6 Å². The summed E-state index contributed by atoms with van der Waals surface area (Å²) in [7, 11) is 1.90. The van der Waals surface area contributed by atoms with Crippen LogP contribution in [0.1, 0.15) is 39.2 Å². The van der Waals surface area contributed by atoms with Crippen LogP contribution in [0.25, 0.3) is 11.3 Å². The van der Waals surface area contributed by atoms with Crippen LogP contribution in [-0.2, 0) is 16.6 Å². The molecule has 0 unspecified atom stereocenters. The van der Waals surface area contributed by atoms with Gasteiger partial charge in [-0.05, 0) is 77.4 Å². The third kappa shape index (κ3) is 5.92. The molecule has 2 amide bonds. The number of piperidine rings is 1. The molecule has 3 rings (SSSR count). The van der Waals surface area contributed by atoms with Crippen molar-refractivity contribution in [2.75, 3.05) is 25.0 Å². The number of hydrogen-bond acceptors (Lipinski definition) is 4. The van der Waals surface area contributed by atoms with Gasteiger partial charge in [-0.15, -0.1) is 0 Å². The molecule has 7 nitrogen and oxygen atoms in total. The summed E-state index contributed by atoms with van der Waals surface area (Å²) in [5.41, 5.74) is 3.65. The van der Waals surface area contributed by atoms with Crippen LogP contribution in [0.5, 0.6) is 0 Å². The third-order valence-corrected chi connectivity index (χ3v) is 5.32. The lowest BCUT2D eigenvalue weighted by Gasteiger charge is -2.31. The van der Waals surface area contributed by atoms with Crippen molar-refractivity contribution in [1.29, 1.82) is 0 Å². The number of likely N-dealkylation sites (tertiary alicyclic amines) is 1. The van der Waals surface area contributed by atoms with E-state index >= 15 is 0 Å². The number of benzene rings is 1. The van der Waals surface area contributed by atoms with Gasteiger partial charge in [0.2, 0.25) is 11.8 Å². The number of aryl methyl sites for hydroxylation is 2. The topological polar surface area (TPSA) is 79.3 Å². The zero-order valence-electron chi connectivity index (χ0n) is 18.7. The fourth-order valence-electron chi connectivity index (χ4n) is 3.85. The summed E-state index contributed by atoms with van der Waals surface area (Å²) in [6, 6.07) is 7.91. The first kappa shape index (κ1) is 22.0. The lowest BCUT2D eigenvalue weighted by atomic mass is 9.95. The molecule has 7 heteroatoms. The Morgan fingerprint density at radius 1 is 1.17 bits per heavy atom. The molecular formula is C23H33N5O2. The number of anilines is 1. The molecule has 162 valence electrons. The third-order valence-electron chi connectivity index (χ3n) is 5.32. The Morgan fingerprint density at radius 3 is 2.43 bits per heavy atom. The Bertz CT molecular complexity index is 905. The Kier molecular flexibility index (Phi) is 6.61. The lowest BCUT2D eigenvalue weighted by Crippen LogP contribution is -2.48. The summed E-state index contributed by atoms with van der Waals surface area (Å²) in [6.45, 7) is 9.87. The number of aromatic nitrogens is 2. The first-order valence-corrected chi connectivity index (χ1v) is 10.6. The fourth-order valence-corrected chi connectivity index (χ4v) is 3.85. The van der Waals surface area contributed by atoms with Crippen molar-refractivity contribution in [2.45, 2.75) is 46.1 Å². The molecule has 0 atom stereocenters. The van der Waals surface area contributed by atoms with Gasteiger partial charge >= 0.3 is 0 Å². The van der Waals surface area contributed by atoms with E-state index in [4.69, 9.17) is 0 Å². The Hall–Kier alpha value is -2.67. The average Bonchev–Trinajstić information content (AvgIpc) is 3.07. The van der Waals surface area contributed by atoms with Crippen molar-refractivity contribution in [3.05, 3.63) is 36.0 Å². The largest absolute Gasteiger partial charge is 0.350 e. The van der Waals surface area contributed by atoms with Crippen LogP contribution in [0, 0.1) is 12.8 Å². The maximum absolute atomic E-state index is 12.7. The van der Waals surface area contributed by atoms with Gasteiger partial charge in [-0.1, -0.05) is 6.07 Å². The van der Waals surface area contributed by atoms with Crippen molar-refractivity contribution in [1.82, 2.24) is 20.0 Å². The Balaban J connectivity index is 1.51. The van der Waals surface area contributed by atoms with E-state index < -0.39 is 0 Å². The molecular weight excluding hydrogens is 378 g/mol. The van der Waals surface area contributed by atoms with Crippen LogP contribution in [0.4, 0.5) is 5.69 Å². The number of hydrogen-bond donors (Lipinski definition) is 2. The lowest BCUT2D eigenvalue weighted by molar-refractivity contribution is -0.124. The van der Waals surface area contributed by atoms with Gasteiger partial charge in [0, 0.05) is 36.0 Å². The monoisotopic (exact) mass is 411 g/mol. The second kappa shape index (κ2) is 9.00. The molecule has 2 N–H and O–H groups in total. The molecule has 1 fully saturated rings. The highest BCUT2D eigenvalue weighted by atomic mass is 16.2. The van der Waals surface area contributed by atoms with Crippen molar-refractivity contribution < 1.29 is 9.59 Å². The second-order valence-corrected chi connectivity index (χ2v) is 9.24. The quantitative estimate of drug-likeness (QED) is 0.793. The molecule has 1 aromatic heterocycles. The molecule has 1 aliphatic rings. The minimum absolute atomic E-state index is 0.0253. The van der Waals surface area contributed by atoms with E-state index in [0.717, 1.165) is 48.4 Å². The summed E-state index contributed by atoms with van der Waals surface area (Å²) in [4.78, 5) is 27.0. The van der Waals surface area contributed by atoms with Crippen LogP contribution < -0.4 is 10.6 Å². The average molecular weight is 412 g/mol. The predicted octanol–water partition coefficient (Wildman–Crippen LogP) is 2.96. The standard InChI is InChI=1S/C23H33N5O2/c1-16-14-18(6-7-19(16)20-10-11-27(5)26-20)24-22(30)17-8-12-28(13-9-17)15-21(29)25-23(2,3)4/h6-7,10-11,14,17H,8-9,12-13,15H2,1-5H3,(H,24,30)(H,25,29). The van der Waals surface area contributed by atoms with E-state index in [1.165, 1.54) is 0 Å². The van der Waals surface area contributed by atoms with Gasteiger partial charge in [0.05, 0.1) is 12.2 Å². The summed E-state index contributed by atoms with van der Waals surface area (Å²) < 4.78 is 1.78. The first-order valence-electron chi connectivity index (χ1n) is 10.6. The van der Waals surface area contributed by atoms with Gasteiger partial charge in [0.15, 0.2) is 0 Å². The molecule has 0 spiro atoms. The molecule has 0 aliphatic carbocycles. The molecule has 0 radical (unpaired) electrons. The number of amides is 2. The minimum atomic E-state index is -0.223. The summed E-state index contributed by atoms with van der Waals surface area (Å²) in [6.07, 6.45) is 3.45. The van der Waals surface area contributed by atoms with E-state index in [1.54, 1.807) is 4.68 Å². The van der Waals surface area contributed by atoms with Gasteiger partial charge in [-0.2, -0.15) is 5.10 Å². The van der Waals surface area contributed by atoms with Crippen LogP contribution in [-0.4, -0.2) is 51.7 Å². The summed E-state index contributed by atoms with van der Waals surface area (Å²) >= 11 is 0. The van der Waals surface area contributed by atoms with E-state index in [-0.39, 0.29) is 23.3 Å². The molecule has 2 aromatic rings. The predicted molar refractivity (Wildman–Crippen MR) is 119 cm³/mol. The van der Waals surface area contributed by atoms with Gasteiger partial charge < -0.3 is 10.6 Å². The van der Waals surface area contributed by atoms with E-state index in [0.29, 0.717) is 6.54 Å². The van der Waals surface area contributed by atoms with Gasteiger partial charge in [0.1, 0.15) is 0 Å².